The molecule has 1 fully saturated rings. The summed E-state index contributed by atoms with van der Waals surface area (Å²) in [5, 5.41) is 1.00. The Kier molecular flexibility index (Phi) is 6.33. The molecule has 12 heavy (non-hydrogen) atoms. The quantitative estimate of drug-likeness (QED) is 0.467. The molecule has 0 amide bonds. The Hall–Kier alpha value is 0.640. The van der Waals surface area contributed by atoms with Crippen LogP contribution in [0.5, 0.6) is 0 Å². The number of unbranched alkanes of at least 4 members (excludes halogenated alkanes) is 2. The summed E-state index contributed by atoms with van der Waals surface area (Å²) in [6, 6.07) is 0. The Labute approximate surface area is 85.4 Å². The molecule has 0 unspecified atom stereocenters. The van der Waals surface area contributed by atoms with E-state index >= 15 is 0 Å². The third kappa shape index (κ3) is 4.61. The molecule has 0 radical (unpaired) electrons. The predicted octanol–water partition coefficient (Wildman–Crippen LogP) is 4.07. The molecule has 1 rings (SSSR count). The maximum Gasteiger partial charge on any atom is 0.0223 e. The van der Waals surface area contributed by atoms with Crippen LogP contribution >= 0.6 is 23.4 Å². The van der Waals surface area contributed by atoms with Crippen molar-refractivity contribution in [3.05, 3.63) is 0 Å². The molecule has 0 spiro atoms. The Balaban J connectivity index is 1.81. The lowest BCUT2D eigenvalue weighted by atomic mass is 10.3. The second-order valence-electron chi connectivity index (χ2n) is 3.53. The minimum absolute atomic E-state index is 0.841. The number of hydrogen-bond acceptors (Lipinski definition) is 1. The van der Waals surface area contributed by atoms with Gasteiger partial charge in [-0.1, -0.05) is 19.3 Å². The highest BCUT2D eigenvalue weighted by molar-refractivity contribution is 7.99. The fourth-order valence-electron chi connectivity index (χ4n) is 1.68. The van der Waals surface area contributed by atoms with Gasteiger partial charge in [-0.25, -0.2) is 0 Å². The van der Waals surface area contributed by atoms with Crippen molar-refractivity contribution in [2.75, 3.05) is 11.6 Å². The van der Waals surface area contributed by atoms with Crippen LogP contribution in [0, 0.1) is 0 Å². The van der Waals surface area contributed by atoms with E-state index in [2.05, 4.69) is 11.8 Å². The largest absolute Gasteiger partial charge is 0.159 e. The fourth-order valence-corrected chi connectivity index (χ4v) is 3.24. The third-order valence-corrected chi connectivity index (χ3v) is 4.17. The first-order valence-corrected chi connectivity index (χ1v) is 6.69. The van der Waals surface area contributed by atoms with Gasteiger partial charge in [-0.2, -0.15) is 11.8 Å². The summed E-state index contributed by atoms with van der Waals surface area (Å²) in [6.45, 7) is 0. The molecule has 0 saturated heterocycles. The van der Waals surface area contributed by atoms with Gasteiger partial charge >= 0.3 is 0 Å². The summed E-state index contributed by atoms with van der Waals surface area (Å²) in [6.07, 6.45) is 9.78. The maximum absolute atomic E-state index is 5.60. The van der Waals surface area contributed by atoms with Gasteiger partial charge in [0.1, 0.15) is 0 Å². The molecular weight excluding hydrogens is 188 g/mol. The van der Waals surface area contributed by atoms with Crippen molar-refractivity contribution < 1.29 is 0 Å². The molecule has 0 aliphatic heterocycles. The predicted molar refractivity (Wildman–Crippen MR) is 59.3 cm³/mol. The van der Waals surface area contributed by atoms with Gasteiger partial charge < -0.3 is 0 Å². The maximum atomic E-state index is 5.60. The van der Waals surface area contributed by atoms with E-state index in [-0.39, 0.29) is 0 Å². The summed E-state index contributed by atoms with van der Waals surface area (Å²) in [4.78, 5) is 0. The van der Waals surface area contributed by atoms with Crippen molar-refractivity contribution in [3.8, 4) is 0 Å². The second-order valence-corrected chi connectivity index (χ2v) is 5.31. The van der Waals surface area contributed by atoms with Crippen molar-refractivity contribution in [1.29, 1.82) is 0 Å². The lowest BCUT2D eigenvalue weighted by Gasteiger charge is -2.07. The molecule has 0 atom stereocenters. The summed E-state index contributed by atoms with van der Waals surface area (Å²) in [5.41, 5.74) is 0. The van der Waals surface area contributed by atoms with E-state index in [4.69, 9.17) is 11.6 Å². The SMILES string of the molecule is ClCCCCCSC1CCCC1. The number of hydrogen-bond donors (Lipinski definition) is 0. The standard InChI is InChI=1S/C10H19ClS/c11-8-4-1-5-9-12-10-6-2-3-7-10/h10H,1-9H2. The fraction of sp³-hybridized carbons (Fsp3) is 1.00. The first kappa shape index (κ1) is 10.7. The molecule has 0 bridgehead atoms. The van der Waals surface area contributed by atoms with E-state index in [1.165, 1.54) is 50.7 Å². The smallest absolute Gasteiger partial charge is 0.0223 e. The number of alkyl halides is 1. The van der Waals surface area contributed by atoms with Gasteiger partial charge in [-0.05, 0) is 31.4 Å². The highest BCUT2D eigenvalue weighted by Gasteiger charge is 2.14. The van der Waals surface area contributed by atoms with Gasteiger partial charge in [0.25, 0.3) is 0 Å². The Morgan fingerprint density at radius 2 is 1.83 bits per heavy atom. The van der Waals surface area contributed by atoms with Crippen LogP contribution in [0.1, 0.15) is 44.9 Å². The van der Waals surface area contributed by atoms with Gasteiger partial charge in [0.05, 0.1) is 0 Å². The highest BCUT2D eigenvalue weighted by atomic mass is 35.5. The molecule has 0 heterocycles. The number of rotatable bonds is 6. The average Bonchev–Trinajstić information content (AvgIpc) is 2.57. The summed E-state index contributed by atoms with van der Waals surface area (Å²) in [5.74, 6) is 2.20. The molecule has 0 N–H and O–H groups in total. The molecule has 0 nitrogen and oxygen atoms in total. The van der Waals surface area contributed by atoms with Crippen molar-refractivity contribution >= 4 is 23.4 Å². The van der Waals surface area contributed by atoms with E-state index in [0.717, 1.165) is 11.1 Å². The zero-order chi connectivity index (χ0) is 8.65. The van der Waals surface area contributed by atoms with Crippen molar-refractivity contribution in [2.24, 2.45) is 0 Å². The minimum atomic E-state index is 0.841. The topological polar surface area (TPSA) is 0 Å². The molecular formula is C10H19ClS. The Morgan fingerprint density at radius 3 is 2.50 bits per heavy atom. The molecule has 0 aromatic carbocycles. The molecule has 0 aromatic heterocycles. The molecule has 2 heteroatoms. The van der Waals surface area contributed by atoms with Gasteiger partial charge in [0, 0.05) is 11.1 Å². The summed E-state index contributed by atoms with van der Waals surface area (Å²) in [7, 11) is 0. The summed E-state index contributed by atoms with van der Waals surface area (Å²) >= 11 is 7.79. The van der Waals surface area contributed by atoms with Crippen LogP contribution in [0.15, 0.2) is 0 Å². The van der Waals surface area contributed by atoms with Crippen LogP contribution in [-0.4, -0.2) is 16.9 Å². The Morgan fingerprint density at radius 1 is 1.08 bits per heavy atom. The van der Waals surface area contributed by atoms with Gasteiger partial charge in [0.2, 0.25) is 0 Å². The van der Waals surface area contributed by atoms with Crippen LogP contribution in [0.25, 0.3) is 0 Å². The molecule has 72 valence electrons. The molecule has 0 aromatic rings. The Bertz CT molecular complexity index is 100. The normalized spacial score (nSPS) is 18.8. The van der Waals surface area contributed by atoms with Gasteiger partial charge in [0.15, 0.2) is 0 Å². The van der Waals surface area contributed by atoms with E-state index in [1.807, 2.05) is 0 Å². The minimum Gasteiger partial charge on any atom is -0.159 e. The van der Waals surface area contributed by atoms with Gasteiger partial charge in [-0.3, -0.25) is 0 Å². The summed E-state index contributed by atoms with van der Waals surface area (Å²) < 4.78 is 0. The first-order chi connectivity index (χ1) is 5.93. The van der Waals surface area contributed by atoms with E-state index in [9.17, 15) is 0 Å². The lowest BCUT2D eigenvalue weighted by molar-refractivity contribution is 0.779. The zero-order valence-electron chi connectivity index (χ0n) is 7.73. The molecule has 1 aliphatic rings. The highest BCUT2D eigenvalue weighted by Crippen LogP contribution is 2.29. The van der Waals surface area contributed by atoms with Crippen LogP contribution in [0.4, 0.5) is 0 Å². The van der Waals surface area contributed by atoms with Crippen LogP contribution in [0.2, 0.25) is 0 Å². The number of thioether (sulfide) groups is 1. The lowest BCUT2D eigenvalue weighted by Crippen LogP contribution is -1.95. The second kappa shape index (κ2) is 7.08. The van der Waals surface area contributed by atoms with E-state index in [0.29, 0.717) is 0 Å². The van der Waals surface area contributed by atoms with Gasteiger partial charge in [-0.15, -0.1) is 11.6 Å². The molecule has 1 aliphatic carbocycles. The van der Waals surface area contributed by atoms with Crippen LogP contribution < -0.4 is 0 Å². The molecule has 1 saturated carbocycles. The number of halogens is 1. The third-order valence-electron chi connectivity index (χ3n) is 2.43. The zero-order valence-corrected chi connectivity index (χ0v) is 9.30. The monoisotopic (exact) mass is 206 g/mol. The van der Waals surface area contributed by atoms with E-state index in [1.54, 1.807) is 0 Å². The average molecular weight is 207 g/mol. The van der Waals surface area contributed by atoms with Crippen molar-refractivity contribution in [2.45, 2.75) is 50.2 Å². The first-order valence-electron chi connectivity index (χ1n) is 5.11. The van der Waals surface area contributed by atoms with Crippen molar-refractivity contribution in [1.82, 2.24) is 0 Å². The van der Waals surface area contributed by atoms with Crippen LogP contribution in [0.3, 0.4) is 0 Å². The van der Waals surface area contributed by atoms with Crippen molar-refractivity contribution in [3.63, 3.8) is 0 Å². The van der Waals surface area contributed by atoms with Crippen LogP contribution in [-0.2, 0) is 0 Å². The van der Waals surface area contributed by atoms with E-state index < -0.39 is 0 Å².